The van der Waals surface area contributed by atoms with Crippen molar-refractivity contribution in [1.82, 2.24) is 0 Å². The molecule has 0 aromatic heterocycles. The summed E-state index contributed by atoms with van der Waals surface area (Å²) in [5.74, 6) is 0. The zero-order valence-electron chi connectivity index (χ0n) is 13.3. The van der Waals surface area contributed by atoms with Gasteiger partial charge >= 0.3 is 21.1 Å². The van der Waals surface area contributed by atoms with Crippen LogP contribution in [0, 0.1) is 14.9 Å². The van der Waals surface area contributed by atoms with E-state index in [1.54, 1.807) is 0 Å². The van der Waals surface area contributed by atoms with Crippen LogP contribution in [-0.4, -0.2) is 0 Å². The van der Waals surface area contributed by atoms with Crippen molar-refractivity contribution in [1.29, 1.82) is 0 Å². The molecule has 1 heteroatoms. The van der Waals surface area contributed by atoms with Crippen molar-refractivity contribution in [3.8, 4) is 0 Å². The molecule has 0 aliphatic heterocycles. The summed E-state index contributed by atoms with van der Waals surface area (Å²) in [4.78, 5) is 0. The zero-order chi connectivity index (χ0) is 12.5. The summed E-state index contributed by atoms with van der Waals surface area (Å²) in [7, 11) is 0. The fourth-order valence-corrected chi connectivity index (χ4v) is 0.770. The first-order valence-corrected chi connectivity index (χ1v) is 6.00. The molecule has 0 saturated carbocycles. The van der Waals surface area contributed by atoms with Gasteiger partial charge in [-0.3, -0.25) is 0 Å². The summed E-state index contributed by atoms with van der Waals surface area (Å²) in [5, 5.41) is 0. The Bertz CT molecular complexity index is 181. The molecule has 0 fully saturated rings. The predicted octanol–water partition coefficient (Wildman–Crippen LogP) is 6.32. The van der Waals surface area contributed by atoms with Crippen LogP contribution in [0.15, 0.2) is 72.8 Å². The molecule has 0 heterocycles. The van der Waals surface area contributed by atoms with Gasteiger partial charge in [-0.15, -0.1) is 0 Å². The average Bonchev–Trinajstić information content (AvgIpc) is 2.48. The fraction of sp³-hybridized carbons (Fsp3) is 0.222. The molecule has 2 rings (SSSR count). The van der Waals surface area contributed by atoms with E-state index in [4.69, 9.17) is 0 Å². The molecule has 0 aliphatic rings. The van der Waals surface area contributed by atoms with Crippen LogP contribution in [-0.2, 0) is 21.1 Å². The molecule has 19 heavy (non-hydrogen) atoms. The third kappa shape index (κ3) is 31.7. The van der Waals surface area contributed by atoms with E-state index in [1.807, 2.05) is 100 Å². The first-order chi connectivity index (χ1) is 8.00. The number of hydrogen-bond acceptors (Lipinski definition) is 0. The number of hydrogen-bond donors (Lipinski definition) is 0. The van der Waals surface area contributed by atoms with Gasteiger partial charge in [-0.25, -0.2) is 0 Å². The van der Waals surface area contributed by atoms with Crippen LogP contribution < -0.4 is 0 Å². The monoisotopic (exact) mass is 430 g/mol. The molecule has 0 unspecified atom stereocenters. The van der Waals surface area contributed by atoms with Gasteiger partial charge in [0, 0.05) is 0 Å². The third-order valence-corrected chi connectivity index (χ3v) is 1.33. The summed E-state index contributed by atoms with van der Waals surface area (Å²) in [6, 6.07) is 24.0. The van der Waals surface area contributed by atoms with Gasteiger partial charge in [-0.05, 0) is 0 Å². The van der Waals surface area contributed by atoms with Gasteiger partial charge in [0.25, 0.3) is 0 Å². The Morgan fingerprint density at radius 2 is 0.368 bits per heavy atom. The molecule has 2 aromatic carbocycles. The van der Waals surface area contributed by atoms with Gasteiger partial charge < -0.3 is 14.9 Å². The van der Waals surface area contributed by atoms with Crippen LogP contribution in [0.1, 0.15) is 27.7 Å². The minimum absolute atomic E-state index is 0. The second-order valence-electron chi connectivity index (χ2n) is 2.31. The standard InChI is InChI=1S/2C6H6.2C2H6.2CH3.W/c2*1-2-4-6-5-3-1;2*1-2;;;/h2*1-6H;2*1-2H3;2*1H3;/q;;;;2*-1;+2. The van der Waals surface area contributed by atoms with Crippen LogP contribution in [0.2, 0.25) is 0 Å². The third-order valence-electron chi connectivity index (χ3n) is 1.33. The Labute approximate surface area is 136 Å². The molecule has 2 aromatic rings. The fourth-order valence-electron chi connectivity index (χ4n) is 0.770. The van der Waals surface area contributed by atoms with E-state index in [0.29, 0.717) is 0 Å². The summed E-state index contributed by atoms with van der Waals surface area (Å²) in [6.07, 6.45) is 0. The molecule has 0 atom stereocenters. The SMILES string of the molecule is CC.CC.[CH3-].[CH3-].[W+2].c1ccccc1.c1ccccc1. The van der Waals surface area contributed by atoms with Crippen LogP contribution in [0.25, 0.3) is 0 Å². The van der Waals surface area contributed by atoms with Gasteiger partial charge in [-0.2, -0.15) is 0 Å². The molecule has 0 bridgehead atoms. The summed E-state index contributed by atoms with van der Waals surface area (Å²) in [5.41, 5.74) is 0. The molecule has 0 aliphatic carbocycles. The van der Waals surface area contributed by atoms with Crippen molar-refractivity contribution in [2.75, 3.05) is 0 Å². The van der Waals surface area contributed by atoms with E-state index in [-0.39, 0.29) is 35.9 Å². The largest absolute Gasteiger partial charge is 2.00 e. The second kappa shape index (κ2) is 36.0. The minimum atomic E-state index is 0. The molecule has 0 N–H and O–H groups in total. The second-order valence-corrected chi connectivity index (χ2v) is 2.31. The smallest absolute Gasteiger partial charge is 0.358 e. The predicted molar refractivity (Wildman–Crippen MR) is 88.4 cm³/mol. The Kier molecular flexibility index (Phi) is 58.4. The number of rotatable bonds is 0. The van der Waals surface area contributed by atoms with Gasteiger partial charge in [0.15, 0.2) is 0 Å². The molecule has 0 saturated heterocycles. The van der Waals surface area contributed by atoms with Gasteiger partial charge in [0.05, 0.1) is 0 Å². The van der Waals surface area contributed by atoms with E-state index in [9.17, 15) is 0 Å². The van der Waals surface area contributed by atoms with E-state index >= 15 is 0 Å². The zero-order valence-corrected chi connectivity index (χ0v) is 16.3. The normalized spacial score (nSPS) is 5.68. The Hall–Kier alpha value is -0.872. The molecule has 108 valence electrons. The van der Waals surface area contributed by atoms with Crippen LogP contribution >= 0.6 is 0 Å². The van der Waals surface area contributed by atoms with E-state index in [1.165, 1.54) is 0 Å². The quantitative estimate of drug-likeness (QED) is 0.429. The Morgan fingerprint density at radius 3 is 0.421 bits per heavy atom. The number of benzene rings is 2. The van der Waals surface area contributed by atoms with Crippen molar-refractivity contribution in [2.24, 2.45) is 0 Å². The summed E-state index contributed by atoms with van der Waals surface area (Å²) in [6.45, 7) is 8.00. The van der Waals surface area contributed by atoms with E-state index in [2.05, 4.69) is 0 Å². The summed E-state index contributed by atoms with van der Waals surface area (Å²) >= 11 is 0. The molecule has 0 spiro atoms. The van der Waals surface area contributed by atoms with Crippen molar-refractivity contribution < 1.29 is 21.1 Å². The summed E-state index contributed by atoms with van der Waals surface area (Å²) < 4.78 is 0. The topological polar surface area (TPSA) is 0 Å². The van der Waals surface area contributed by atoms with Crippen molar-refractivity contribution >= 4 is 0 Å². The Balaban J connectivity index is -0.0000000486. The molecular weight excluding hydrogens is 400 g/mol. The average molecular weight is 430 g/mol. The Morgan fingerprint density at radius 1 is 0.316 bits per heavy atom. The minimum Gasteiger partial charge on any atom is -0.358 e. The van der Waals surface area contributed by atoms with Crippen molar-refractivity contribution in [3.05, 3.63) is 87.6 Å². The van der Waals surface area contributed by atoms with Crippen LogP contribution in [0.5, 0.6) is 0 Å². The molecule has 0 nitrogen and oxygen atoms in total. The molecule has 0 amide bonds. The molecular formula is C18H30W. The van der Waals surface area contributed by atoms with Gasteiger partial charge in [0.2, 0.25) is 0 Å². The van der Waals surface area contributed by atoms with E-state index < -0.39 is 0 Å². The maximum atomic E-state index is 2.00. The first-order valence-electron chi connectivity index (χ1n) is 6.00. The molecule has 0 radical (unpaired) electrons. The van der Waals surface area contributed by atoms with Crippen LogP contribution in [0.3, 0.4) is 0 Å². The van der Waals surface area contributed by atoms with Gasteiger partial charge in [0.1, 0.15) is 0 Å². The van der Waals surface area contributed by atoms with Crippen molar-refractivity contribution in [2.45, 2.75) is 27.7 Å². The maximum absolute atomic E-state index is 2.00. The van der Waals surface area contributed by atoms with E-state index in [0.717, 1.165) is 0 Å². The van der Waals surface area contributed by atoms with Crippen molar-refractivity contribution in [3.63, 3.8) is 0 Å². The first kappa shape index (κ1) is 30.9. The maximum Gasteiger partial charge on any atom is 2.00 e. The van der Waals surface area contributed by atoms with Crippen LogP contribution in [0.4, 0.5) is 0 Å². The van der Waals surface area contributed by atoms with Gasteiger partial charge in [-0.1, -0.05) is 100 Å².